The highest BCUT2D eigenvalue weighted by atomic mass is 16.3. The number of hydrazone groups is 1. The summed E-state index contributed by atoms with van der Waals surface area (Å²) in [6.45, 7) is 1.54. The molecule has 114 valence electrons. The van der Waals surface area contributed by atoms with E-state index in [1.54, 1.807) is 11.3 Å². The second kappa shape index (κ2) is 5.67. The van der Waals surface area contributed by atoms with Gasteiger partial charge in [0.2, 0.25) is 5.91 Å². The van der Waals surface area contributed by atoms with Gasteiger partial charge in [-0.25, -0.2) is 5.01 Å². The summed E-state index contributed by atoms with van der Waals surface area (Å²) in [6.07, 6.45) is 2.28. The van der Waals surface area contributed by atoms with Crippen molar-refractivity contribution in [2.75, 3.05) is 19.0 Å². The third-order valence-corrected chi connectivity index (χ3v) is 3.83. The molecular weight excluding hydrogens is 278 g/mol. The maximum absolute atomic E-state index is 11.9. The SMILES string of the molecule is CC(=O)N1N=C(c2ccco2)C[C@H]1c1ccc(N(C)C)cc1. The number of hydrogen-bond acceptors (Lipinski definition) is 4. The van der Waals surface area contributed by atoms with Crippen molar-refractivity contribution >= 4 is 17.3 Å². The maximum Gasteiger partial charge on any atom is 0.240 e. The molecule has 1 aromatic carbocycles. The molecule has 0 unspecified atom stereocenters. The topological polar surface area (TPSA) is 49.1 Å². The van der Waals surface area contributed by atoms with Crippen LogP contribution in [0.3, 0.4) is 0 Å². The highest BCUT2D eigenvalue weighted by Gasteiger charge is 2.32. The minimum absolute atomic E-state index is 0.0664. The molecule has 1 aromatic heterocycles. The molecule has 22 heavy (non-hydrogen) atoms. The highest BCUT2D eigenvalue weighted by Crippen LogP contribution is 2.33. The number of furan rings is 1. The highest BCUT2D eigenvalue weighted by molar-refractivity contribution is 6.00. The van der Waals surface area contributed by atoms with Gasteiger partial charge in [0, 0.05) is 33.1 Å². The van der Waals surface area contributed by atoms with E-state index in [0.29, 0.717) is 6.42 Å². The normalized spacial score (nSPS) is 17.5. The lowest BCUT2D eigenvalue weighted by Crippen LogP contribution is -2.24. The Morgan fingerprint density at radius 3 is 2.55 bits per heavy atom. The van der Waals surface area contributed by atoms with Crippen LogP contribution in [0.4, 0.5) is 5.69 Å². The second-order valence-electron chi connectivity index (χ2n) is 5.59. The summed E-state index contributed by atoms with van der Waals surface area (Å²) in [7, 11) is 4.01. The van der Waals surface area contributed by atoms with Gasteiger partial charge in [0.15, 0.2) is 0 Å². The van der Waals surface area contributed by atoms with Crippen molar-refractivity contribution in [1.29, 1.82) is 0 Å². The number of carbonyl (C=O) groups is 1. The van der Waals surface area contributed by atoms with Crippen molar-refractivity contribution in [3.8, 4) is 0 Å². The zero-order valence-electron chi connectivity index (χ0n) is 13.0. The smallest absolute Gasteiger partial charge is 0.240 e. The Kier molecular flexibility index (Phi) is 3.71. The number of hydrogen-bond donors (Lipinski definition) is 0. The first-order valence-electron chi connectivity index (χ1n) is 7.24. The van der Waals surface area contributed by atoms with Gasteiger partial charge in [-0.2, -0.15) is 5.10 Å². The summed E-state index contributed by atoms with van der Waals surface area (Å²) >= 11 is 0. The summed E-state index contributed by atoms with van der Waals surface area (Å²) in [5.41, 5.74) is 3.01. The van der Waals surface area contributed by atoms with Crippen LogP contribution in [-0.4, -0.2) is 30.7 Å². The van der Waals surface area contributed by atoms with Gasteiger partial charge < -0.3 is 9.32 Å². The molecule has 0 aliphatic carbocycles. The van der Waals surface area contributed by atoms with Crippen LogP contribution in [0, 0.1) is 0 Å². The van der Waals surface area contributed by atoms with E-state index >= 15 is 0 Å². The molecule has 0 saturated heterocycles. The molecule has 5 nitrogen and oxygen atoms in total. The Labute approximate surface area is 129 Å². The van der Waals surface area contributed by atoms with Crippen LogP contribution in [0.1, 0.15) is 30.7 Å². The van der Waals surface area contributed by atoms with E-state index in [1.165, 1.54) is 6.92 Å². The van der Waals surface area contributed by atoms with E-state index in [1.807, 2.05) is 31.1 Å². The molecule has 1 aliphatic heterocycles. The van der Waals surface area contributed by atoms with Crippen LogP contribution in [0.25, 0.3) is 0 Å². The Hall–Kier alpha value is -2.56. The molecule has 0 spiro atoms. The first-order chi connectivity index (χ1) is 10.6. The molecule has 5 heteroatoms. The van der Waals surface area contributed by atoms with Crippen LogP contribution < -0.4 is 4.90 Å². The summed E-state index contributed by atoms with van der Waals surface area (Å²) in [5, 5.41) is 5.99. The Morgan fingerprint density at radius 2 is 2.00 bits per heavy atom. The maximum atomic E-state index is 11.9. The molecule has 2 aromatic rings. The third kappa shape index (κ3) is 2.62. The molecular formula is C17H19N3O2. The zero-order valence-corrected chi connectivity index (χ0v) is 13.0. The van der Waals surface area contributed by atoms with E-state index < -0.39 is 0 Å². The third-order valence-electron chi connectivity index (χ3n) is 3.83. The van der Waals surface area contributed by atoms with E-state index in [9.17, 15) is 4.79 Å². The monoisotopic (exact) mass is 297 g/mol. The van der Waals surface area contributed by atoms with Crippen molar-refractivity contribution in [2.45, 2.75) is 19.4 Å². The van der Waals surface area contributed by atoms with E-state index in [0.717, 1.165) is 22.7 Å². The fourth-order valence-corrected chi connectivity index (χ4v) is 2.65. The van der Waals surface area contributed by atoms with E-state index in [2.05, 4.69) is 29.4 Å². The van der Waals surface area contributed by atoms with Crippen LogP contribution in [0.15, 0.2) is 52.2 Å². The molecule has 0 saturated carbocycles. The van der Waals surface area contributed by atoms with Gasteiger partial charge in [-0.1, -0.05) is 12.1 Å². The van der Waals surface area contributed by atoms with Crippen molar-refractivity contribution in [1.82, 2.24) is 5.01 Å². The Bertz CT molecular complexity index is 687. The van der Waals surface area contributed by atoms with Gasteiger partial charge in [-0.05, 0) is 29.8 Å². The summed E-state index contributed by atoms with van der Waals surface area (Å²) in [6, 6.07) is 11.8. The van der Waals surface area contributed by atoms with Gasteiger partial charge in [-0.3, -0.25) is 4.79 Å². The summed E-state index contributed by atoms with van der Waals surface area (Å²) < 4.78 is 5.40. The summed E-state index contributed by atoms with van der Waals surface area (Å²) in [4.78, 5) is 13.9. The van der Waals surface area contributed by atoms with Gasteiger partial charge in [0.05, 0.1) is 12.3 Å². The van der Waals surface area contributed by atoms with Crippen LogP contribution >= 0.6 is 0 Å². The molecule has 0 radical (unpaired) electrons. The standard InChI is InChI=1S/C17H19N3O2/c1-12(21)20-16(11-15(18-20)17-5-4-10-22-17)13-6-8-14(9-7-13)19(2)3/h4-10,16H,11H2,1-3H3/t16-/m0/s1. The Morgan fingerprint density at radius 1 is 1.27 bits per heavy atom. The molecule has 0 bridgehead atoms. The lowest BCUT2D eigenvalue weighted by molar-refractivity contribution is -0.130. The molecule has 0 fully saturated rings. The Balaban J connectivity index is 1.88. The first kappa shape index (κ1) is 14.4. The minimum atomic E-state index is -0.0752. The molecule has 3 rings (SSSR count). The largest absolute Gasteiger partial charge is 0.463 e. The predicted octanol–water partition coefficient (Wildman–Crippen LogP) is 3.04. The number of carbonyl (C=O) groups excluding carboxylic acids is 1. The number of nitrogens with zero attached hydrogens (tertiary/aromatic N) is 3. The fraction of sp³-hybridized carbons (Fsp3) is 0.294. The summed E-state index contributed by atoms with van der Waals surface area (Å²) in [5.74, 6) is 0.655. The number of anilines is 1. The van der Waals surface area contributed by atoms with Crippen molar-refractivity contribution < 1.29 is 9.21 Å². The van der Waals surface area contributed by atoms with Gasteiger partial charge in [0.1, 0.15) is 11.5 Å². The number of rotatable bonds is 3. The minimum Gasteiger partial charge on any atom is -0.463 e. The van der Waals surface area contributed by atoms with Crippen LogP contribution in [0.2, 0.25) is 0 Å². The number of amides is 1. The molecule has 1 amide bonds. The van der Waals surface area contributed by atoms with E-state index in [4.69, 9.17) is 4.42 Å². The van der Waals surface area contributed by atoms with Gasteiger partial charge in [-0.15, -0.1) is 0 Å². The van der Waals surface area contributed by atoms with Gasteiger partial charge >= 0.3 is 0 Å². The molecule has 1 aliphatic rings. The van der Waals surface area contributed by atoms with Crippen molar-refractivity contribution in [3.05, 3.63) is 54.0 Å². The van der Waals surface area contributed by atoms with Crippen molar-refractivity contribution in [3.63, 3.8) is 0 Å². The fourth-order valence-electron chi connectivity index (χ4n) is 2.65. The second-order valence-corrected chi connectivity index (χ2v) is 5.59. The quantitative estimate of drug-likeness (QED) is 0.875. The van der Waals surface area contributed by atoms with Crippen molar-refractivity contribution in [2.24, 2.45) is 5.10 Å². The number of benzene rings is 1. The predicted molar refractivity (Wildman–Crippen MR) is 85.9 cm³/mol. The van der Waals surface area contributed by atoms with E-state index in [-0.39, 0.29) is 11.9 Å². The molecule has 2 heterocycles. The van der Waals surface area contributed by atoms with Crippen LogP contribution in [-0.2, 0) is 4.79 Å². The molecule has 0 N–H and O–H groups in total. The average molecular weight is 297 g/mol. The van der Waals surface area contributed by atoms with Gasteiger partial charge in [0.25, 0.3) is 0 Å². The van der Waals surface area contributed by atoms with Crippen LogP contribution in [0.5, 0.6) is 0 Å². The lowest BCUT2D eigenvalue weighted by Gasteiger charge is -2.21. The molecule has 1 atom stereocenters. The average Bonchev–Trinajstić information content (AvgIpc) is 3.16. The first-order valence-corrected chi connectivity index (χ1v) is 7.24. The lowest BCUT2D eigenvalue weighted by atomic mass is 10.0. The zero-order chi connectivity index (χ0) is 15.7.